The van der Waals surface area contributed by atoms with Crippen LogP contribution in [0.3, 0.4) is 0 Å². The van der Waals surface area contributed by atoms with E-state index in [1.54, 1.807) is 6.92 Å². The topological polar surface area (TPSA) is 53.3 Å². The fourth-order valence-corrected chi connectivity index (χ4v) is 2.11. The molecule has 0 bridgehead atoms. The lowest BCUT2D eigenvalue weighted by molar-refractivity contribution is 0.0961. The van der Waals surface area contributed by atoms with Crippen LogP contribution in [0.15, 0.2) is 24.3 Å². The lowest BCUT2D eigenvalue weighted by atomic mass is 9.94. The molecule has 0 saturated carbocycles. The maximum absolute atomic E-state index is 11.7. The fourth-order valence-electron chi connectivity index (χ4n) is 2.11. The summed E-state index contributed by atoms with van der Waals surface area (Å²) in [6.07, 6.45) is 0.362. The Balaban J connectivity index is 2.30. The van der Waals surface area contributed by atoms with Crippen LogP contribution in [0.5, 0.6) is 0 Å². The minimum atomic E-state index is -0.529. The van der Waals surface area contributed by atoms with Crippen LogP contribution in [0.4, 0.5) is 4.79 Å². The van der Waals surface area contributed by atoms with Gasteiger partial charge in [0.05, 0.1) is 12.7 Å². The number of fused-ring (bicyclic) bond motifs is 1. The number of hydrogen-bond acceptors (Lipinski definition) is 3. The van der Waals surface area contributed by atoms with E-state index in [0.717, 1.165) is 17.5 Å². The van der Waals surface area contributed by atoms with Gasteiger partial charge in [0.15, 0.2) is 0 Å². The third-order valence-electron chi connectivity index (χ3n) is 2.91. The van der Waals surface area contributed by atoms with Crippen LogP contribution in [-0.4, -0.2) is 24.1 Å². The predicted octanol–water partition coefficient (Wildman–Crippen LogP) is 2.27. The molecule has 1 aromatic rings. The van der Waals surface area contributed by atoms with Gasteiger partial charge in [-0.3, -0.25) is 4.90 Å². The molecule has 1 unspecified atom stereocenters. The number of ether oxygens (including phenoxy) is 1. The Kier molecular flexibility index (Phi) is 3.29. The van der Waals surface area contributed by atoms with Gasteiger partial charge in [-0.05, 0) is 24.5 Å². The van der Waals surface area contributed by atoms with E-state index in [4.69, 9.17) is 4.74 Å². The normalized spacial score (nSPS) is 18.1. The molecular weight excluding hydrogens is 216 g/mol. The second-order valence-corrected chi connectivity index (χ2v) is 3.87. The lowest BCUT2D eigenvalue weighted by Gasteiger charge is -2.32. The average Bonchev–Trinajstić information content (AvgIpc) is 2.37. The molecule has 1 aliphatic heterocycles. The molecule has 17 heavy (non-hydrogen) atoms. The van der Waals surface area contributed by atoms with E-state index in [1.807, 2.05) is 24.3 Å². The molecule has 0 radical (unpaired) electrons. The number of nitrogens with zero attached hydrogens (tertiary/aromatic N) is 2. The van der Waals surface area contributed by atoms with Crippen LogP contribution in [-0.2, 0) is 11.2 Å². The Morgan fingerprint density at radius 2 is 2.35 bits per heavy atom. The van der Waals surface area contributed by atoms with Gasteiger partial charge in [-0.1, -0.05) is 24.3 Å². The molecule has 1 heterocycles. The maximum atomic E-state index is 11.7. The minimum Gasteiger partial charge on any atom is -0.450 e. The van der Waals surface area contributed by atoms with Gasteiger partial charge in [-0.15, -0.1) is 0 Å². The number of benzene rings is 1. The summed E-state index contributed by atoms with van der Waals surface area (Å²) < 4.78 is 4.96. The van der Waals surface area contributed by atoms with Gasteiger partial charge >= 0.3 is 6.09 Å². The smallest absolute Gasteiger partial charge is 0.411 e. The summed E-state index contributed by atoms with van der Waals surface area (Å²) >= 11 is 0. The van der Waals surface area contributed by atoms with E-state index in [0.29, 0.717) is 13.2 Å². The summed E-state index contributed by atoms with van der Waals surface area (Å²) in [5, 5.41) is 9.23. The van der Waals surface area contributed by atoms with Gasteiger partial charge in [-0.2, -0.15) is 5.26 Å². The Bertz CT molecular complexity index is 465. The monoisotopic (exact) mass is 230 g/mol. The second kappa shape index (κ2) is 4.88. The first kappa shape index (κ1) is 11.5. The highest BCUT2D eigenvalue weighted by molar-refractivity contribution is 5.69. The van der Waals surface area contributed by atoms with Crippen molar-refractivity contribution >= 4 is 6.09 Å². The third-order valence-corrected chi connectivity index (χ3v) is 2.91. The van der Waals surface area contributed by atoms with Crippen LogP contribution in [0.1, 0.15) is 24.1 Å². The SMILES string of the molecule is CCOC(=O)N1CCc2ccccc2C1C#N. The Morgan fingerprint density at radius 3 is 3.06 bits per heavy atom. The van der Waals surface area contributed by atoms with Crippen LogP contribution in [0.2, 0.25) is 0 Å². The van der Waals surface area contributed by atoms with Gasteiger partial charge in [0.25, 0.3) is 0 Å². The second-order valence-electron chi connectivity index (χ2n) is 3.87. The first-order valence-corrected chi connectivity index (χ1v) is 5.68. The highest BCUT2D eigenvalue weighted by atomic mass is 16.6. The first-order chi connectivity index (χ1) is 8.27. The maximum Gasteiger partial charge on any atom is 0.411 e. The van der Waals surface area contributed by atoms with Crippen molar-refractivity contribution < 1.29 is 9.53 Å². The molecular formula is C13H14N2O2. The number of hydrogen-bond donors (Lipinski definition) is 0. The van der Waals surface area contributed by atoms with Crippen molar-refractivity contribution in [1.82, 2.24) is 4.90 Å². The Hall–Kier alpha value is -2.02. The molecule has 0 fully saturated rings. The number of nitriles is 1. The third kappa shape index (κ3) is 2.09. The molecule has 4 heteroatoms. The number of amides is 1. The largest absolute Gasteiger partial charge is 0.450 e. The molecule has 1 amide bonds. The van der Waals surface area contributed by atoms with E-state index in [2.05, 4.69) is 6.07 Å². The van der Waals surface area contributed by atoms with Gasteiger partial charge in [0.1, 0.15) is 6.04 Å². The van der Waals surface area contributed by atoms with Crippen LogP contribution in [0.25, 0.3) is 0 Å². The van der Waals surface area contributed by atoms with Gasteiger partial charge in [0.2, 0.25) is 0 Å². The molecule has 88 valence electrons. The molecule has 1 atom stereocenters. The lowest BCUT2D eigenvalue weighted by Crippen LogP contribution is -2.39. The van der Waals surface area contributed by atoms with Crippen molar-refractivity contribution in [2.45, 2.75) is 19.4 Å². The van der Waals surface area contributed by atoms with Gasteiger partial charge in [-0.25, -0.2) is 4.79 Å². The molecule has 2 rings (SSSR count). The summed E-state index contributed by atoms with van der Waals surface area (Å²) in [5.41, 5.74) is 2.05. The highest BCUT2D eigenvalue weighted by Crippen LogP contribution is 2.29. The van der Waals surface area contributed by atoms with E-state index < -0.39 is 12.1 Å². The Labute approximate surface area is 100 Å². The van der Waals surface area contributed by atoms with Gasteiger partial charge < -0.3 is 4.74 Å². The number of carbonyl (C=O) groups is 1. The molecule has 1 aromatic carbocycles. The van der Waals surface area contributed by atoms with Gasteiger partial charge in [0, 0.05) is 6.54 Å². The molecule has 0 spiro atoms. The van der Waals surface area contributed by atoms with Crippen LogP contribution < -0.4 is 0 Å². The van der Waals surface area contributed by atoms with Crippen molar-refractivity contribution in [3.8, 4) is 6.07 Å². The Morgan fingerprint density at radius 1 is 1.59 bits per heavy atom. The standard InChI is InChI=1S/C13H14N2O2/c1-2-17-13(16)15-8-7-10-5-3-4-6-11(10)12(15)9-14/h3-6,12H,2,7-8H2,1H3. The van der Waals surface area contributed by atoms with Crippen LogP contribution >= 0.6 is 0 Å². The minimum absolute atomic E-state index is 0.329. The molecule has 0 N–H and O–H groups in total. The zero-order valence-corrected chi connectivity index (χ0v) is 9.72. The summed E-state index contributed by atoms with van der Waals surface area (Å²) in [4.78, 5) is 13.2. The highest BCUT2D eigenvalue weighted by Gasteiger charge is 2.31. The van der Waals surface area contributed by atoms with Crippen molar-refractivity contribution in [2.24, 2.45) is 0 Å². The van der Waals surface area contributed by atoms with Crippen molar-refractivity contribution in [3.05, 3.63) is 35.4 Å². The summed E-state index contributed by atoms with van der Waals surface area (Å²) in [6, 6.07) is 9.38. The molecule has 0 aromatic heterocycles. The molecule has 4 nitrogen and oxygen atoms in total. The fraction of sp³-hybridized carbons (Fsp3) is 0.385. The first-order valence-electron chi connectivity index (χ1n) is 5.68. The molecule has 0 saturated heterocycles. The van der Waals surface area contributed by atoms with E-state index >= 15 is 0 Å². The summed E-state index contributed by atoms with van der Waals surface area (Å²) in [7, 11) is 0. The summed E-state index contributed by atoms with van der Waals surface area (Å²) in [5.74, 6) is 0. The van der Waals surface area contributed by atoms with E-state index in [-0.39, 0.29) is 0 Å². The zero-order valence-electron chi connectivity index (χ0n) is 9.72. The zero-order chi connectivity index (χ0) is 12.3. The van der Waals surface area contributed by atoms with Crippen molar-refractivity contribution in [1.29, 1.82) is 5.26 Å². The number of carbonyl (C=O) groups excluding carboxylic acids is 1. The average molecular weight is 230 g/mol. The van der Waals surface area contributed by atoms with Crippen LogP contribution in [0, 0.1) is 11.3 Å². The molecule has 0 aliphatic carbocycles. The van der Waals surface area contributed by atoms with E-state index in [1.165, 1.54) is 4.90 Å². The number of rotatable bonds is 1. The van der Waals surface area contributed by atoms with Crippen molar-refractivity contribution in [3.63, 3.8) is 0 Å². The van der Waals surface area contributed by atoms with E-state index in [9.17, 15) is 10.1 Å². The molecule has 1 aliphatic rings. The quantitative estimate of drug-likeness (QED) is 0.743. The predicted molar refractivity (Wildman–Crippen MR) is 62.2 cm³/mol. The summed E-state index contributed by atoms with van der Waals surface area (Å²) in [6.45, 7) is 2.63. The van der Waals surface area contributed by atoms with Crippen molar-refractivity contribution in [2.75, 3.05) is 13.2 Å².